The van der Waals surface area contributed by atoms with Gasteiger partial charge in [-0.2, -0.15) is 13.2 Å². The Balaban J connectivity index is 2.95. The standard InChI is InChI=1S/C13H8F3NO4/c1-6(18)17-5-9(12(20)21)11(19)8-3-2-7(4-10(8)17)13(14,15)16/h2-5H,1H3,(H,20,21). The number of rotatable bonds is 1. The molecule has 0 spiro atoms. The second-order valence-electron chi connectivity index (χ2n) is 4.30. The van der Waals surface area contributed by atoms with Crippen LogP contribution in [0.2, 0.25) is 0 Å². The van der Waals surface area contributed by atoms with Crippen LogP contribution in [-0.2, 0) is 6.18 Å². The molecule has 2 aromatic rings. The van der Waals surface area contributed by atoms with Crippen molar-refractivity contribution in [3.05, 3.63) is 45.7 Å². The van der Waals surface area contributed by atoms with Gasteiger partial charge in [0.15, 0.2) is 0 Å². The Bertz CT molecular complexity index is 821. The molecular weight excluding hydrogens is 291 g/mol. The van der Waals surface area contributed by atoms with E-state index < -0.39 is 34.6 Å². The molecule has 21 heavy (non-hydrogen) atoms. The second kappa shape index (κ2) is 4.72. The molecular formula is C13H8F3NO4. The summed E-state index contributed by atoms with van der Waals surface area (Å²) < 4.78 is 38.8. The highest BCUT2D eigenvalue weighted by molar-refractivity contribution is 5.97. The van der Waals surface area contributed by atoms with Crippen molar-refractivity contribution in [1.29, 1.82) is 0 Å². The van der Waals surface area contributed by atoms with Gasteiger partial charge >= 0.3 is 12.1 Å². The molecule has 1 aromatic heterocycles. The molecule has 0 saturated carbocycles. The number of aromatic nitrogens is 1. The number of nitrogens with zero attached hydrogens (tertiary/aromatic N) is 1. The van der Waals surface area contributed by atoms with E-state index in [9.17, 15) is 27.6 Å². The Labute approximate surface area is 115 Å². The summed E-state index contributed by atoms with van der Waals surface area (Å²) in [6.07, 6.45) is -3.91. The Kier molecular flexibility index (Phi) is 3.32. The van der Waals surface area contributed by atoms with E-state index in [0.717, 1.165) is 23.8 Å². The lowest BCUT2D eigenvalue weighted by atomic mass is 10.1. The molecule has 1 N–H and O–H groups in total. The Morgan fingerprint density at radius 2 is 1.86 bits per heavy atom. The molecule has 0 radical (unpaired) electrons. The van der Waals surface area contributed by atoms with Crippen LogP contribution in [0, 0.1) is 0 Å². The molecule has 1 heterocycles. The van der Waals surface area contributed by atoms with Crippen molar-refractivity contribution in [2.45, 2.75) is 13.1 Å². The van der Waals surface area contributed by atoms with Gasteiger partial charge in [-0.15, -0.1) is 0 Å². The molecule has 0 bridgehead atoms. The molecule has 0 aliphatic rings. The first-order valence-electron chi connectivity index (χ1n) is 5.64. The van der Waals surface area contributed by atoms with E-state index in [0.29, 0.717) is 12.1 Å². The average Bonchev–Trinajstić information content (AvgIpc) is 2.36. The third-order valence-electron chi connectivity index (χ3n) is 2.90. The lowest BCUT2D eigenvalue weighted by Gasteiger charge is -2.12. The molecule has 0 unspecified atom stereocenters. The monoisotopic (exact) mass is 299 g/mol. The summed E-state index contributed by atoms with van der Waals surface area (Å²) in [5.74, 6) is -2.27. The van der Waals surface area contributed by atoms with Gasteiger partial charge in [0, 0.05) is 18.5 Å². The fourth-order valence-corrected chi connectivity index (χ4v) is 1.91. The maximum atomic E-state index is 12.7. The smallest absolute Gasteiger partial charge is 0.416 e. The van der Waals surface area contributed by atoms with E-state index in [4.69, 9.17) is 5.11 Å². The zero-order valence-corrected chi connectivity index (χ0v) is 10.6. The highest BCUT2D eigenvalue weighted by atomic mass is 19.4. The number of benzene rings is 1. The largest absolute Gasteiger partial charge is 0.477 e. The predicted molar refractivity (Wildman–Crippen MR) is 66.5 cm³/mol. The lowest BCUT2D eigenvalue weighted by Crippen LogP contribution is -2.21. The number of carboxylic acids is 1. The highest BCUT2D eigenvalue weighted by Crippen LogP contribution is 2.30. The fourth-order valence-electron chi connectivity index (χ4n) is 1.91. The fraction of sp³-hybridized carbons (Fsp3) is 0.154. The van der Waals surface area contributed by atoms with Gasteiger partial charge in [0.2, 0.25) is 11.3 Å². The highest BCUT2D eigenvalue weighted by Gasteiger charge is 2.31. The zero-order chi connectivity index (χ0) is 15.9. The third-order valence-corrected chi connectivity index (χ3v) is 2.90. The quantitative estimate of drug-likeness (QED) is 0.877. The minimum absolute atomic E-state index is 0.266. The molecule has 0 atom stereocenters. The molecule has 0 aliphatic carbocycles. The maximum Gasteiger partial charge on any atom is 0.416 e. The lowest BCUT2D eigenvalue weighted by molar-refractivity contribution is -0.137. The normalized spacial score (nSPS) is 11.6. The first kappa shape index (κ1) is 14.8. The molecule has 5 nitrogen and oxygen atoms in total. The van der Waals surface area contributed by atoms with Crippen molar-refractivity contribution in [2.75, 3.05) is 0 Å². The van der Waals surface area contributed by atoms with Crippen LogP contribution >= 0.6 is 0 Å². The third kappa shape index (κ3) is 2.51. The topological polar surface area (TPSA) is 76.4 Å². The second-order valence-corrected chi connectivity index (χ2v) is 4.30. The van der Waals surface area contributed by atoms with Crippen LogP contribution in [0.1, 0.15) is 27.6 Å². The van der Waals surface area contributed by atoms with Crippen molar-refractivity contribution in [2.24, 2.45) is 0 Å². The SMILES string of the molecule is CC(=O)n1cc(C(=O)O)c(=O)c2ccc(C(F)(F)F)cc21. The number of carboxylic acid groups (broad SMARTS) is 1. The number of hydrogen-bond donors (Lipinski definition) is 1. The molecule has 8 heteroatoms. The number of halogens is 3. The van der Waals surface area contributed by atoms with Crippen LogP contribution in [0.4, 0.5) is 13.2 Å². The van der Waals surface area contributed by atoms with E-state index in [-0.39, 0.29) is 10.9 Å². The van der Waals surface area contributed by atoms with Crippen LogP contribution < -0.4 is 5.43 Å². The average molecular weight is 299 g/mol. The minimum Gasteiger partial charge on any atom is -0.477 e. The predicted octanol–water partition coefficient (Wildman–Crippen LogP) is 2.38. The Hall–Kier alpha value is -2.64. The summed E-state index contributed by atoms with van der Waals surface area (Å²) >= 11 is 0. The van der Waals surface area contributed by atoms with Crippen LogP contribution in [0.15, 0.2) is 29.2 Å². The van der Waals surface area contributed by atoms with Crippen LogP contribution in [0.25, 0.3) is 10.9 Å². The summed E-state index contributed by atoms with van der Waals surface area (Å²) in [7, 11) is 0. The number of aromatic carboxylic acids is 1. The number of pyridine rings is 1. The molecule has 110 valence electrons. The van der Waals surface area contributed by atoms with Gasteiger partial charge in [-0.3, -0.25) is 14.2 Å². The van der Waals surface area contributed by atoms with Crippen LogP contribution in [0.5, 0.6) is 0 Å². The van der Waals surface area contributed by atoms with Crippen LogP contribution in [0.3, 0.4) is 0 Å². The van der Waals surface area contributed by atoms with Crippen molar-refractivity contribution in [1.82, 2.24) is 4.57 Å². The number of carbonyl (C=O) groups is 2. The van der Waals surface area contributed by atoms with E-state index in [1.807, 2.05) is 0 Å². The Morgan fingerprint density at radius 1 is 1.24 bits per heavy atom. The van der Waals surface area contributed by atoms with Crippen molar-refractivity contribution >= 4 is 22.8 Å². The van der Waals surface area contributed by atoms with Crippen LogP contribution in [-0.4, -0.2) is 21.6 Å². The van der Waals surface area contributed by atoms with Crippen molar-refractivity contribution in [3.63, 3.8) is 0 Å². The van der Waals surface area contributed by atoms with Gasteiger partial charge in [0.25, 0.3) is 0 Å². The number of fused-ring (bicyclic) bond motifs is 1. The Morgan fingerprint density at radius 3 is 2.33 bits per heavy atom. The van der Waals surface area contributed by atoms with E-state index >= 15 is 0 Å². The summed E-state index contributed by atoms with van der Waals surface area (Å²) in [6, 6.07) is 2.18. The maximum absolute atomic E-state index is 12.7. The summed E-state index contributed by atoms with van der Waals surface area (Å²) in [5, 5.41) is 8.64. The van der Waals surface area contributed by atoms with Gasteiger partial charge in [-0.05, 0) is 18.2 Å². The van der Waals surface area contributed by atoms with Gasteiger partial charge in [-0.1, -0.05) is 0 Å². The molecule has 0 aliphatic heterocycles. The molecule has 1 aromatic carbocycles. The van der Waals surface area contributed by atoms with Gasteiger partial charge in [0.05, 0.1) is 11.1 Å². The number of alkyl halides is 3. The van der Waals surface area contributed by atoms with E-state index in [2.05, 4.69) is 0 Å². The molecule has 0 fully saturated rings. The van der Waals surface area contributed by atoms with Gasteiger partial charge < -0.3 is 5.11 Å². The summed E-state index contributed by atoms with van der Waals surface area (Å²) in [6.45, 7) is 1.05. The minimum atomic E-state index is -4.64. The van der Waals surface area contributed by atoms with E-state index in [1.54, 1.807) is 0 Å². The first-order valence-corrected chi connectivity index (χ1v) is 5.64. The zero-order valence-electron chi connectivity index (χ0n) is 10.6. The van der Waals surface area contributed by atoms with E-state index in [1.165, 1.54) is 0 Å². The van der Waals surface area contributed by atoms with Gasteiger partial charge in [0.1, 0.15) is 5.56 Å². The summed E-state index contributed by atoms with van der Waals surface area (Å²) in [5.41, 5.74) is -2.94. The molecule has 0 saturated heterocycles. The first-order chi connectivity index (χ1) is 9.62. The molecule has 2 rings (SSSR count). The van der Waals surface area contributed by atoms with Crippen molar-refractivity contribution in [3.8, 4) is 0 Å². The molecule has 0 amide bonds. The van der Waals surface area contributed by atoms with Gasteiger partial charge in [-0.25, -0.2) is 4.79 Å². The number of carbonyl (C=O) groups excluding carboxylic acids is 1. The summed E-state index contributed by atoms with van der Waals surface area (Å²) in [4.78, 5) is 34.4. The van der Waals surface area contributed by atoms with Crippen molar-refractivity contribution < 1.29 is 27.9 Å². The number of hydrogen-bond acceptors (Lipinski definition) is 3.